The highest BCUT2D eigenvalue weighted by molar-refractivity contribution is 6.65. The molecule has 0 saturated carbocycles. The number of morpholine rings is 1. The Balaban J connectivity index is 1.39. The fourth-order valence-corrected chi connectivity index (χ4v) is 5.52. The van der Waals surface area contributed by atoms with Crippen LogP contribution in [0.1, 0.15) is 43.6 Å². The lowest BCUT2D eigenvalue weighted by Gasteiger charge is -2.38. The van der Waals surface area contributed by atoms with Crippen molar-refractivity contribution in [3.63, 3.8) is 0 Å². The number of anilines is 1. The molecular weight excluding hydrogens is 602 g/mol. The van der Waals surface area contributed by atoms with E-state index in [4.69, 9.17) is 14.0 Å². The van der Waals surface area contributed by atoms with Crippen molar-refractivity contribution >= 4 is 40.9 Å². The van der Waals surface area contributed by atoms with E-state index in [2.05, 4.69) is 5.32 Å². The van der Waals surface area contributed by atoms with Crippen molar-refractivity contribution in [2.24, 2.45) is 0 Å². The van der Waals surface area contributed by atoms with Crippen LogP contribution in [0.5, 0.6) is 0 Å². The van der Waals surface area contributed by atoms with Crippen LogP contribution >= 0.6 is 0 Å². The van der Waals surface area contributed by atoms with E-state index in [1.807, 2.05) is 33.8 Å². The lowest BCUT2D eigenvalue weighted by molar-refractivity contribution is -0.167. The molecule has 2 fully saturated rings. The minimum atomic E-state index is -4.73. The predicted octanol–water partition coefficient (Wildman–Crippen LogP) is 4.61. The Morgan fingerprint density at radius 2 is 1.62 bits per heavy atom. The number of hydrogen-bond acceptors (Lipinski definition) is 6. The van der Waals surface area contributed by atoms with Gasteiger partial charge in [-0.3, -0.25) is 4.79 Å². The van der Waals surface area contributed by atoms with E-state index in [-0.39, 0.29) is 19.6 Å². The lowest BCUT2D eigenvalue weighted by atomic mass is 9.75. The van der Waals surface area contributed by atoms with Gasteiger partial charge in [-0.15, -0.1) is 0 Å². The first-order valence-electron chi connectivity index (χ1n) is 14.3. The van der Waals surface area contributed by atoms with Gasteiger partial charge in [0.05, 0.1) is 24.4 Å². The summed E-state index contributed by atoms with van der Waals surface area (Å²) in [5, 5.41) is 13.5. The largest absolute Gasteiger partial charge is 0.495 e. The Hall–Kier alpha value is -3.75. The van der Waals surface area contributed by atoms with Gasteiger partial charge in [-0.05, 0) is 61.6 Å². The smallest absolute Gasteiger partial charge is 0.480 e. The number of carbonyl (C=O) groups is 2. The minimum Gasteiger partial charge on any atom is -0.480 e. The molecule has 240 valence electrons. The third kappa shape index (κ3) is 6.36. The summed E-state index contributed by atoms with van der Waals surface area (Å²) in [6, 6.07) is 8.12. The van der Waals surface area contributed by atoms with E-state index in [1.54, 1.807) is 30.3 Å². The molecule has 2 heterocycles. The molecule has 2 aliphatic rings. The van der Waals surface area contributed by atoms with Crippen molar-refractivity contribution in [1.29, 1.82) is 0 Å². The van der Waals surface area contributed by atoms with Crippen LogP contribution in [0, 0.1) is 11.6 Å². The second-order valence-corrected chi connectivity index (χ2v) is 12.1. The Labute approximate surface area is 256 Å². The summed E-state index contributed by atoms with van der Waals surface area (Å²) in [6.07, 6.45) is -4.97. The maximum atomic E-state index is 15.1. The van der Waals surface area contributed by atoms with Crippen LogP contribution < -0.4 is 15.7 Å². The Morgan fingerprint density at radius 3 is 2.20 bits per heavy atom. The molecule has 0 spiro atoms. The number of benzene rings is 3. The topological polar surface area (TPSA) is 97.3 Å². The van der Waals surface area contributed by atoms with Crippen molar-refractivity contribution in [1.82, 2.24) is 5.32 Å². The molecule has 45 heavy (non-hydrogen) atoms. The first-order chi connectivity index (χ1) is 21.0. The summed E-state index contributed by atoms with van der Waals surface area (Å²) in [4.78, 5) is 26.0. The molecule has 2 saturated heterocycles. The van der Waals surface area contributed by atoms with Crippen molar-refractivity contribution in [3.8, 4) is 0 Å². The summed E-state index contributed by atoms with van der Waals surface area (Å²) >= 11 is 0. The molecule has 1 amide bonds. The Bertz CT molecular complexity index is 1590. The number of amides is 1. The highest BCUT2D eigenvalue weighted by Gasteiger charge is 2.52. The summed E-state index contributed by atoms with van der Waals surface area (Å²) in [5.41, 5.74) is -1.47. The number of nitrogens with zero attached hydrogens (tertiary/aromatic N) is 1. The summed E-state index contributed by atoms with van der Waals surface area (Å²) in [6.45, 7) is 6.59. The number of rotatable bonds is 7. The third-order valence-corrected chi connectivity index (χ3v) is 8.67. The maximum Gasteiger partial charge on any atom is 0.495 e. The van der Waals surface area contributed by atoms with E-state index in [9.17, 15) is 27.9 Å². The van der Waals surface area contributed by atoms with E-state index >= 15 is 8.78 Å². The molecule has 3 aromatic carbocycles. The number of alkyl halides is 3. The van der Waals surface area contributed by atoms with Crippen molar-refractivity contribution < 1.29 is 50.7 Å². The van der Waals surface area contributed by atoms with Gasteiger partial charge in [-0.1, -0.05) is 36.4 Å². The average molecular weight is 634 g/mol. The monoisotopic (exact) mass is 634 g/mol. The molecule has 2 aliphatic heterocycles. The first kappa shape index (κ1) is 32.6. The van der Waals surface area contributed by atoms with Gasteiger partial charge in [0, 0.05) is 18.7 Å². The van der Waals surface area contributed by atoms with E-state index < -0.39 is 77.9 Å². The minimum absolute atomic E-state index is 0.0926. The average Bonchev–Trinajstić information content (AvgIpc) is 3.17. The van der Waals surface area contributed by atoms with Crippen LogP contribution in [0.15, 0.2) is 48.5 Å². The molecule has 8 nitrogen and oxygen atoms in total. The number of fused-ring (bicyclic) bond motifs is 1. The number of aliphatic carboxylic acids is 1. The van der Waals surface area contributed by atoms with Gasteiger partial charge in [0.15, 0.2) is 0 Å². The zero-order chi connectivity index (χ0) is 32.9. The van der Waals surface area contributed by atoms with Crippen LogP contribution in [0.25, 0.3) is 10.8 Å². The standard InChI is InChI=1S/C31H32BF5N2O6/c1-29(2)30(3,4)45-32(44-29)21-10-9-17(19-7-5-6-8-20(19)21)13-24(28(41)42)38-27(40)26-22(33)14-18(15-23(26)34)39-11-12-43-16-25(39)31(35,36)37/h5-10,14-15,24-25H,11-13,16H2,1-4H3,(H,38,40)(H,41,42)/t24?,25-/m1/s1. The van der Waals surface area contributed by atoms with Gasteiger partial charge in [0.1, 0.15) is 29.3 Å². The molecule has 5 rings (SSSR count). The molecular formula is C31H32BF5N2O6. The first-order valence-corrected chi connectivity index (χ1v) is 14.3. The number of carboxylic acid groups (broad SMARTS) is 1. The predicted molar refractivity (Wildman–Crippen MR) is 157 cm³/mol. The highest BCUT2D eigenvalue weighted by Crippen LogP contribution is 2.37. The summed E-state index contributed by atoms with van der Waals surface area (Å²) < 4.78 is 88.0. The third-order valence-electron chi connectivity index (χ3n) is 8.67. The lowest BCUT2D eigenvalue weighted by Crippen LogP contribution is -2.53. The van der Waals surface area contributed by atoms with Gasteiger partial charge >= 0.3 is 19.3 Å². The zero-order valence-corrected chi connectivity index (χ0v) is 25.0. The van der Waals surface area contributed by atoms with Crippen LogP contribution in [0.2, 0.25) is 0 Å². The number of hydrogen-bond donors (Lipinski definition) is 2. The molecule has 2 atom stereocenters. The Morgan fingerprint density at radius 1 is 1.02 bits per heavy atom. The van der Waals surface area contributed by atoms with Crippen LogP contribution in [0.3, 0.4) is 0 Å². The van der Waals surface area contributed by atoms with Gasteiger partial charge in [-0.2, -0.15) is 13.2 Å². The van der Waals surface area contributed by atoms with E-state index in [0.717, 1.165) is 15.7 Å². The number of carbonyl (C=O) groups excluding carboxylic acids is 1. The van der Waals surface area contributed by atoms with E-state index in [1.165, 1.54) is 0 Å². The number of carboxylic acids is 1. The molecule has 0 bridgehead atoms. The zero-order valence-electron chi connectivity index (χ0n) is 25.0. The van der Waals surface area contributed by atoms with Gasteiger partial charge in [0.2, 0.25) is 0 Å². The maximum absolute atomic E-state index is 15.1. The quantitative estimate of drug-likeness (QED) is 0.290. The molecule has 0 radical (unpaired) electrons. The van der Waals surface area contributed by atoms with Gasteiger partial charge < -0.3 is 29.4 Å². The SMILES string of the molecule is CC1(C)OB(c2ccc(CC(NC(=O)c3c(F)cc(N4CCOC[C@@H]4C(F)(F)F)cc3F)C(=O)O)c3ccccc23)OC1(C)C. The number of halogens is 5. The van der Waals surface area contributed by atoms with Gasteiger partial charge in [-0.25, -0.2) is 13.6 Å². The van der Waals surface area contributed by atoms with E-state index in [0.29, 0.717) is 23.1 Å². The van der Waals surface area contributed by atoms with Crippen molar-refractivity contribution in [2.75, 3.05) is 24.7 Å². The molecule has 3 aromatic rings. The van der Waals surface area contributed by atoms with Crippen LogP contribution in [0.4, 0.5) is 27.6 Å². The molecule has 0 aliphatic carbocycles. The van der Waals surface area contributed by atoms with Gasteiger partial charge in [0.25, 0.3) is 5.91 Å². The van der Waals surface area contributed by atoms with Crippen molar-refractivity contribution in [2.45, 2.75) is 63.6 Å². The number of ether oxygens (including phenoxy) is 1. The van der Waals surface area contributed by atoms with Crippen molar-refractivity contribution in [3.05, 3.63) is 71.3 Å². The fraction of sp³-hybridized carbons (Fsp3) is 0.419. The second kappa shape index (κ2) is 11.9. The molecule has 1 unspecified atom stereocenters. The van der Waals surface area contributed by atoms with Crippen LogP contribution in [-0.2, 0) is 25.3 Å². The normalized spacial score (nSPS) is 20.3. The molecule has 14 heteroatoms. The van der Waals surface area contributed by atoms with Crippen LogP contribution in [-0.4, -0.2) is 73.3 Å². The fourth-order valence-electron chi connectivity index (χ4n) is 5.52. The number of nitrogens with one attached hydrogen (secondary N) is 1. The summed E-state index contributed by atoms with van der Waals surface area (Å²) in [5.74, 6) is -5.69. The molecule has 0 aromatic heterocycles. The highest BCUT2D eigenvalue weighted by atomic mass is 19.4. The summed E-state index contributed by atoms with van der Waals surface area (Å²) in [7, 11) is -0.693. The molecule has 2 N–H and O–H groups in total. The second-order valence-electron chi connectivity index (χ2n) is 12.1. The Kier molecular flexibility index (Phi) is 8.62.